The summed E-state index contributed by atoms with van der Waals surface area (Å²) < 4.78 is 1.85. The maximum Gasteiger partial charge on any atom is 0.148 e. The number of anilines is 1. The molecule has 0 fully saturated rings. The highest BCUT2D eigenvalue weighted by Crippen LogP contribution is 2.07. The molecule has 0 unspecified atom stereocenters. The zero-order valence-corrected chi connectivity index (χ0v) is 10.9. The van der Waals surface area contributed by atoms with Gasteiger partial charge >= 0.3 is 0 Å². The standard InChI is InChI=1S/C14H20N4/c1-11-8-14(17-18(11)2)16-10-13(15)9-12-6-4-3-5-7-12/h3-8,13H,9-10,15H2,1-2H3,(H,16,17)/t13-/m0/s1. The van der Waals surface area contributed by atoms with E-state index in [9.17, 15) is 0 Å². The van der Waals surface area contributed by atoms with Crippen molar-refractivity contribution < 1.29 is 0 Å². The van der Waals surface area contributed by atoms with Crippen LogP contribution in [0.25, 0.3) is 0 Å². The fraction of sp³-hybridized carbons (Fsp3) is 0.357. The van der Waals surface area contributed by atoms with Crippen LogP contribution in [0.1, 0.15) is 11.3 Å². The van der Waals surface area contributed by atoms with Crippen molar-refractivity contribution in [3.63, 3.8) is 0 Å². The van der Waals surface area contributed by atoms with Crippen LogP contribution >= 0.6 is 0 Å². The molecule has 18 heavy (non-hydrogen) atoms. The third kappa shape index (κ3) is 3.34. The van der Waals surface area contributed by atoms with Crippen molar-refractivity contribution in [2.45, 2.75) is 19.4 Å². The molecule has 1 heterocycles. The first-order chi connectivity index (χ1) is 8.65. The summed E-state index contributed by atoms with van der Waals surface area (Å²) in [6.07, 6.45) is 0.875. The Morgan fingerprint density at radius 3 is 2.67 bits per heavy atom. The van der Waals surface area contributed by atoms with Crippen molar-refractivity contribution in [3.05, 3.63) is 47.7 Å². The minimum atomic E-state index is 0.0923. The molecule has 0 aliphatic rings. The summed E-state index contributed by atoms with van der Waals surface area (Å²) in [7, 11) is 1.93. The zero-order chi connectivity index (χ0) is 13.0. The maximum atomic E-state index is 6.10. The summed E-state index contributed by atoms with van der Waals surface area (Å²) in [5.74, 6) is 0.888. The fourth-order valence-electron chi connectivity index (χ4n) is 1.87. The Balaban J connectivity index is 1.83. The summed E-state index contributed by atoms with van der Waals surface area (Å²) in [5, 5.41) is 7.61. The van der Waals surface area contributed by atoms with Gasteiger partial charge in [-0.2, -0.15) is 5.10 Å². The summed E-state index contributed by atoms with van der Waals surface area (Å²) in [4.78, 5) is 0. The third-order valence-corrected chi connectivity index (χ3v) is 3.00. The predicted molar refractivity (Wildman–Crippen MR) is 74.6 cm³/mol. The molecule has 2 rings (SSSR count). The van der Waals surface area contributed by atoms with Crippen LogP contribution in [0.2, 0.25) is 0 Å². The molecule has 0 bridgehead atoms. The van der Waals surface area contributed by atoms with Crippen LogP contribution in [0.5, 0.6) is 0 Å². The van der Waals surface area contributed by atoms with E-state index in [4.69, 9.17) is 5.73 Å². The van der Waals surface area contributed by atoms with E-state index in [1.165, 1.54) is 5.56 Å². The quantitative estimate of drug-likeness (QED) is 0.842. The molecule has 3 N–H and O–H groups in total. The van der Waals surface area contributed by atoms with E-state index in [1.54, 1.807) is 0 Å². The van der Waals surface area contributed by atoms with Crippen LogP contribution in [0.15, 0.2) is 36.4 Å². The molecule has 0 amide bonds. The highest BCUT2D eigenvalue weighted by molar-refractivity contribution is 5.35. The van der Waals surface area contributed by atoms with Gasteiger partial charge in [0.15, 0.2) is 0 Å². The minimum Gasteiger partial charge on any atom is -0.367 e. The molecule has 96 valence electrons. The van der Waals surface area contributed by atoms with Crippen molar-refractivity contribution in [2.24, 2.45) is 12.8 Å². The van der Waals surface area contributed by atoms with Gasteiger partial charge in [0, 0.05) is 31.4 Å². The lowest BCUT2D eigenvalue weighted by atomic mass is 10.1. The molecule has 4 nitrogen and oxygen atoms in total. The monoisotopic (exact) mass is 244 g/mol. The van der Waals surface area contributed by atoms with Gasteiger partial charge in [-0.1, -0.05) is 30.3 Å². The lowest BCUT2D eigenvalue weighted by molar-refractivity contribution is 0.692. The number of nitrogens with one attached hydrogen (secondary N) is 1. The summed E-state index contributed by atoms with van der Waals surface area (Å²) >= 11 is 0. The first kappa shape index (κ1) is 12.6. The van der Waals surface area contributed by atoms with Crippen molar-refractivity contribution in [3.8, 4) is 0 Å². The van der Waals surface area contributed by atoms with Gasteiger partial charge in [0.2, 0.25) is 0 Å². The lowest BCUT2D eigenvalue weighted by Gasteiger charge is -2.12. The number of aryl methyl sites for hydroxylation is 2. The van der Waals surface area contributed by atoms with E-state index in [1.807, 2.05) is 42.9 Å². The minimum absolute atomic E-state index is 0.0923. The Kier molecular flexibility index (Phi) is 3.99. The Morgan fingerprint density at radius 1 is 1.33 bits per heavy atom. The average Bonchev–Trinajstić information content (AvgIpc) is 2.68. The predicted octanol–water partition coefficient (Wildman–Crippen LogP) is 1.71. The van der Waals surface area contributed by atoms with Crippen LogP contribution < -0.4 is 11.1 Å². The molecular weight excluding hydrogens is 224 g/mol. The molecule has 0 aliphatic carbocycles. The number of benzene rings is 1. The first-order valence-electron chi connectivity index (χ1n) is 6.19. The van der Waals surface area contributed by atoms with Gasteiger partial charge < -0.3 is 11.1 Å². The highest BCUT2D eigenvalue weighted by atomic mass is 15.3. The first-order valence-corrected chi connectivity index (χ1v) is 6.19. The number of hydrogen-bond donors (Lipinski definition) is 2. The van der Waals surface area contributed by atoms with Gasteiger partial charge in [0.1, 0.15) is 5.82 Å². The van der Waals surface area contributed by atoms with E-state index in [0.29, 0.717) is 0 Å². The van der Waals surface area contributed by atoms with Crippen LogP contribution in [0, 0.1) is 6.92 Å². The SMILES string of the molecule is Cc1cc(NC[C@@H](N)Cc2ccccc2)nn1C. The van der Waals surface area contributed by atoms with Crippen LogP contribution in [-0.2, 0) is 13.5 Å². The van der Waals surface area contributed by atoms with Gasteiger partial charge in [-0.15, -0.1) is 0 Å². The molecule has 0 aliphatic heterocycles. The van der Waals surface area contributed by atoms with Crippen molar-refractivity contribution in [2.75, 3.05) is 11.9 Å². The molecule has 0 saturated carbocycles. The van der Waals surface area contributed by atoms with Gasteiger partial charge in [0.05, 0.1) is 0 Å². The normalized spacial score (nSPS) is 12.4. The van der Waals surface area contributed by atoms with Crippen LogP contribution in [-0.4, -0.2) is 22.4 Å². The topological polar surface area (TPSA) is 55.9 Å². The van der Waals surface area contributed by atoms with Crippen molar-refractivity contribution in [1.82, 2.24) is 9.78 Å². The Bertz CT molecular complexity index is 470. The van der Waals surface area contributed by atoms with Crippen molar-refractivity contribution >= 4 is 5.82 Å². The molecule has 1 aromatic heterocycles. The molecule has 0 saturated heterocycles. The third-order valence-electron chi connectivity index (χ3n) is 3.00. The van der Waals surface area contributed by atoms with Crippen molar-refractivity contribution in [1.29, 1.82) is 0 Å². The molecule has 0 radical (unpaired) electrons. The highest BCUT2D eigenvalue weighted by Gasteiger charge is 2.05. The Labute approximate surface area is 108 Å². The second-order valence-corrected chi connectivity index (χ2v) is 4.63. The molecule has 1 aromatic carbocycles. The molecule has 2 aromatic rings. The van der Waals surface area contributed by atoms with Gasteiger partial charge in [-0.05, 0) is 18.9 Å². The maximum absolute atomic E-state index is 6.10. The molecule has 4 heteroatoms. The van der Waals surface area contributed by atoms with E-state index in [-0.39, 0.29) is 6.04 Å². The summed E-state index contributed by atoms with van der Waals surface area (Å²) in [5.41, 5.74) is 8.50. The summed E-state index contributed by atoms with van der Waals surface area (Å²) in [6, 6.07) is 12.4. The lowest BCUT2D eigenvalue weighted by Crippen LogP contribution is -2.31. The van der Waals surface area contributed by atoms with Crippen LogP contribution in [0.3, 0.4) is 0 Å². The molecular formula is C14H20N4. The van der Waals surface area contributed by atoms with E-state index >= 15 is 0 Å². The Hall–Kier alpha value is -1.81. The van der Waals surface area contributed by atoms with Gasteiger partial charge in [0.25, 0.3) is 0 Å². The smallest absolute Gasteiger partial charge is 0.148 e. The number of rotatable bonds is 5. The molecule has 0 spiro atoms. The van der Waals surface area contributed by atoms with Crippen LogP contribution in [0.4, 0.5) is 5.82 Å². The zero-order valence-electron chi connectivity index (χ0n) is 10.9. The van der Waals surface area contributed by atoms with Gasteiger partial charge in [-0.3, -0.25) is 4.68 Å². The number of nitrogens with zero attached hydrogens (tertiary/aromatic N) is 2. The second kappa shape index (κ2) is 5.69. The number of hydrogen-bond acceptors (Lipinski definition) is 3. The second-order valence-electron chi connectivity index (χ2n) is 4.63. The van der Waals surface area contributed by atoms with E-state index < -0.39 is 0 Å². The summed E-state index contributed by atoms with van der Waals surface area (Å²) in [6.45, 7) is 2.76. The largest absolute Gasteiger partial charge is 0.367 e. The Morgan fingerprint density at radius 2 is 2.06 bits per heavy atom. The van der Waals surface area contributed by atoms with E-state index in [0.717, 1.165) is 24.5 Å². The molecule has 1 atom stereocenters. The van der Waals surface area contributed by atoms with E-state index in [2.05, 4.69) is 22.5 Å². The number of nitrogens with two attached hydrogens (primary N) is 1. The number of aromatic nitrogens is 2. The van der Waals surface area contributed by atoms with Gasteiger partial charge in [-0.25, -0.2) is 0 Å². The fourth-order valence-corrected chi connectivity index (χ4v) is 1.87. The average molecular weight is 244 g/mol.